The Labute approximate surface area is 273 Å². The second kappa shape index (κ2) is 15.9. The summed E-state index contributed by atoms with van der Waals surface area (Å²) in [6.45, 7) is 4.21. The SMILES string of the molecule is CCOC(=O)CNC(=O)NCc1ccccc1-c1ccc([C@H]2O[C@@H](CSc3nccn3C)[C@@H](C)[C@@H](c3ccc(CO)cc3)O2)cc1. The largest absolute Gasteiger partial charge is 0.465 e. The van der Waals surface area contributed by atoms with E-state index in [0.717, 1.165) is 38.5 Å². The number of hydrogen-bond acceptors (Lipinski definition) is 8. The molecule has 1 aliphatic rings. The summed E-state index contributed by atoms with van der Waals surface area (Å²) >= 11 is 1.66. The lowest BCUT2D eigenvalue weighted by molar-refractivity contribution is -0.268. The number of nitrogens with one attached hydrogen (secondary N) is 2. The molecule has 10 nitrogen and oxygen atoms in total. The van der Waals surface area contributed by atoms with Crippen molar-refractivity contribution in [2.24, 2.45) is 13.0 Å². The van der Waals surface area contributed by atoms with E-state index in [9.17, 15) is 14.7 Å². The maximum absolute atomic E-state index is 12.3. The predicted molar refractivity (Wildman–Crippen MR) is 176 cm³/mol. The normalized spacial score (nSPS) is 19.4. The van der Waals surface area contributed by atoms with Gasteiger partial charge in [0.05, 0.1) is 25.4 Å². The summed E-state index contributed by atoms with van der Waals surface area (Å²) in [7, 11) is 1.98. The van der Waals surface area contributed by atoms with Gasteiger partial charge in [0.1, 0.15) is 6.54 Å². The average Bonchev–Trinajstić information content (AvgIpc) is 3.50. The van der Waals surface area contributed by atoms with Gasteiger partial charge >= 0.3 is 12.0 Å². The van der Waals surface area contributed by atoms with E-state index in [1.165, 1.54) is 0 Å². The number of esters is 1. The first kappa shape index (κ1) is 33.2. The number of aliphatic hydroxyl groups is 1. The second-order valence-corrected chi connectivity index (χ2v) is 12.1. The molecule has 0 unspecified atom stereocenters. The number of ether oxygens (including phenoxy) is 3. The lowest BCUT2D eigenvalue weighted by atomic mass is 9.91. The van der Waals surface area contributed by atoms with Gasteiger partial charge in [0.15, 0.2) is 11.4 Å². The van der Waals surface area contributed by atoms with Crippen LogP contribution in [0.3, 0.4) is 0 Å². The topological polar surface area (TPSA) is 124 Å². The molecule has 11 heteroatoms. The van der Waals surface area contributed by atoms with Gasteiger partial charge in [0.25, 0.3) is 0 Å². The molecule has 0 spiro atoms. The highest BCUT2D eigenvalue weighted by molar-refractivity contribution is 7.99. The van der Waals surface area contributed by atoms with Gasteiger partial charge in [-0.15, -0.1) is 0 Å². The monoisotopic (exact) mass is 644 g/mol. The molecule has 0 bridgehead atoms. The van der Waals surface area contributed by atoms with Crippen LogP contribution in [0, 0.1) is 5.92 Å². The zero-order valence-corrected chi connectivity index (χ0v) is 27.0. The summed E-state index contributed by atoms with van der Waals surface area (Å²) in [5, 5.41) is 15.8. The van der Waals surface area contributed by atoms with Crippen LogP contribution in [0.1, 0.15) is 48.5 Å². The Hall–Kier alpha value is -4.16. The van der Waals surface area contributed by atoms with Gasteiger partial charge in [-0.1, -0.05) is 91.5 Å². The van der Waals surface area contributed by atoms with Crippen molar-refractivity contribution in [3.8, 4) is 11.1 Å². The molecule has 46 heavy (non-hydrogen) atoms. The molecule has 5 rings (SSSR count). The number of aliphatic hydroxyl groups excluding tert-OH is 1. The number of carbonyl (C=O) groups is 2. The molecule has 242 valence electrons. The Morgan fingerprint density at radius 2 is 1.74 bits per heavy atom. The first-order valence-corrected chi connectivity index (χ1v) is 16.3. The van der Waals surface area contributed by atoms with Crippen molar-refractivity contribution in [1.29, 1.82) is 0 Å². The number of rotatable bonds is 12. The molecule has 4 aromatic rings. The number of aryl methyl sites for hydroxylation is 1. The van der Waals surface area contributed by atoms with Crippen molar-refractivity contribution in [2.45, 2.75) is 50.7 Å². The molecule has 4 atom stereocenters. The smallest absolute Gasteiger partial charge is 0.325 e. The minimum atomic E-state index is -0.584. The zero-order valence-electron chi connectivity index (χ0n) is 26.2. The molecule has 3 aromatic carbocycles. The lowest BCUT2D eigenvalue weighted by Gasteiger charge is -2.41. The van der Waals surface area contributed by atoms with Gasteiger partial charge in [0, 0.05) is 43.2 Å². The highest BCUT2D eigenvalue weighted by Crippen LogP contribution is 2.43. The molecule has 1 fully saturated rings. The van der Waals surface area contributed by atoms with Crippen LogP contribution >= 0.6 is 11.8 Å². The van der Waals surface area contributed by atoms with E-state index >= 15 is 0 Å². The summed E-state index contributed by atoms with van der Waals surface area (Å²) in [5.41, 5.74) is 5.67. The Balaban J connectivity index is 1.31. The third-order valence-electron chi connectivity index (χ3n) is 7.93. The van der Waals surface area contributed by atoms with Crippen LogP contribution in [0.2, 0.25) is 0 Å². The van der Waals surface area contributed by atoms with Gasteiger partial charge in [-0.25, -0.2) is 9.78 Å². The summed E-state index contributed by atoms with van der Waals surface area (Å²) in [4.78, 5) is 28.3. The average molecular weight is 645 g/mol. The van der Waals surface area contributed by atoms with E-state index < -0.39 is 18.3 Å². The van der Waals surface area contributed by atoms with Crippen molar-refractivity contribution in [3.63, 3.8) is 0 Å². The Bertz CT molecular complexity index is 1590. The van der Waals surface area contributed by atoms with Crippen LogP contribution in [-0.4, -0.2) is 51.7 Å². The summed E-state index contributed by atoms with van der Waals surface area (Å²) in [5.74, 6) is 0.294. The maximum atomic E-state index is 12.3. The number of hydrogen-bond donors (Lipinski definition) is 3. The van der Waals surface area contributed by atoms with Gasteiger partial charge in [-0.2, -0.15) is 0 Å². The van der Waals surface area contributed by atoms with Gasteiger partial charge < -0.3 is 34.5 Å². The number of imidazole rings is 1. The fourth-order valence-corrected chi connectivity index (χ4v) is 6.43. The third kappa shape index (κ3) is 8.35. The van der Waals surface area contributed by atoms with Crippen LogP contribution in [0.25, 0.3) is 11.1 Å². The molecule has 0 radical (unpaired) electrons. The molecule has 2 amide bonds. The first-order chi connectivity index (χ1) is 22.4. The molecule has 1 aliphatic heterocycles. The van der Waals surface area contributed by atoms with Crippen LogP contribution < -0.4 is 10.6 Å². The van der Waals surface area contributed by atoms with Crippen LogP contribution in [-0.2, 0) is 39.2 Å². The zero-order chi connectivity index (χ0) is 32.5. The van der Waals surface area contributed by atoms with E-state index in [-0.39, 0.29) is 44.4 Å². The standard InChI is InChI=1S/C35H40N4O6S/c1-4-43-31(41)20-38-34(42)37-19-28-7-5-6-8-29(28)25-13-15-27(16-14-25)33-44-30(22-46-35-36-17-18-39(35)3)23(2)32(45-33)26-11-9-24(21-40)10-12-26/h5-18,23,30,32-33,40H,4,19-22H2,1-3H3,(H2,37,38,42)/t23-,30+,32+,33+/m1/s1. The Kier molecular flexibility index (Phi) is 11.5. The van der Waals surface area contributed by atoms with Crippen molar-refractivity contribution >= 4 is 23.8 Å². The van der Waals surface area contributed by atoms with E-state index in [4.69, 9.17) is 14.2 Å². The van der Waals surface area contributed by atoms with Crippen molar-refractivity contribution in [2.75, 3.05) is 18.9 Å². The van der Waals surface area contributed by atoms with Gasteiger partial charge in [-0.3, -0.25) is 4.79 Å². The number of nitrogens with zero attached hydrogens (tertiary/aromatic N) is 2. The third-order valence-corrected chi connectivity index (χ3v) is 9.07. The highest BCUT2D eigenvalue weighted by atomic mass is 32.2. The molecule has 0 saturated carbocycles. The van der Waals surface area contributed by atoms with E-state index in [1.54, 1.807) is 24.9 Å². The molecule has 1 saturated heterocycles. The Morgan fingerprint density at radius 1 is 1.00 bits per heavy atom. The number of amides is 2. The van der Waals surface area contributed by atoms with E-state index in [0.29, 0.717) is 5.75 Å². The lowest BCUT2D eigenvalue weighted by Crippen LogP contribution is -2.38. The van der Waals surface area contributed by atoms with Crippen molar-refractivity contribution in [1.82, 2.24) is 20.2 Å². The summed E-state index contributed by atoms with van der Waals surface area (Å²) in [6, 6.07) is 23.4. The summed E-state index contributed by atoms with van der Waals surface area (Å²) in [6.07, 6.45) is 2.83. The molecular formula is C35H40N4O6S. The number of thioether (sulfide) groups is 1. The number of urea groups is 1. The van der Waals surface area contributed by atoms with Gasteiger partial charge in [0.2, 0.25) is 0 Å². The number of carbonyl (C=O) groups excluding carboxylic acids is 2. The highest BCUT2D eigenvalue weighted by Gasteiger charge is 2.38. The minimum absolute atomic E-state index is 0.00968. The van der Waals surface area contributed by atoms with Crippen molar-refractivity contribution < 1.29 is 28.9 Å². The maximum Gasteiger partial charge on any atom is 0.325 e. The predicted octanol–water partition coefficient (Wildman–Crippen LogP) is 5.53. The molecule has 3 N–H and O–H groups in total. The van der Waals surface area contributed by atoms with Crippen LogP contribution in [0.15, 0.2) is 90.3 Å². The summed E-state index contributed by atoms with van der Waals surface area (Å²) < 4.78 is 20.1. The second-order valence-electron chi connectivity index (χ2n) is 11.1. The van der Waals surface area contributed by atoms with Crippen LogP contribution in [0.5, 0.6) is 0 Å². The molecule has 1 aromatic heterocycles. The van der Waals surface area contributed by atoms with Gasteiger partial charge in [-0.05, 0) is 34.7 Å². The molecule has 0 aliphatic carbocycles. The minimum Gasteiger partial charge on any atom is -0.465 e. The van der Waals surface area contributed by atoms with Crippen molar-refractivity contribution in [3.05, 3.63) is 107 Å². The Morgan fingerprint density at radius 3 is 2.43 bits per heavy atom. The van der Waals surface area contributed by atoms with Crippen LogP contribution in [0.4, 0.5) is 4.79 Å². The number of aromatic nitrogens is 2. The number of benzene rings is 3. The van der Waals surface area contributed by atoms with E-state index in [2.05, 4.69) is 22.5 Å². The van der Waals surface area contributed by atoms with E-state index in [1.807, 2.05) is 90.6 Å². The molecule has 2 heterocycles. The molecular weight excluding hydrogens is 604 g/mol. The fraction of sp³-hybridized carbons (Fsp3) is 0.343. The quantitative estimate of drug-likeness (QED) is 0.136. The fourth-order valence-electron chi connectivity index (χ4n) is 5.34. The first-order valence-electron chi connectivity index (χ1n) is 15.3.